The molecule has 0 aliphatic carbocycles. The number of hydrogen-bond donors (Lipinski definition) is 1. The van der Waals surface area contributed by atoms with Gasteiger partial charge in [0.05, 0.1) is 29.4 Å². The van der Waals surface area contributed by atoms with Crippen molar-refractivity contribution in [2.75, 3.05) is 45.3 Å². The van der Waals surface area contributed by atoms with Crippen molar-refractivity contribution in [3.05, 3.63) is 59.7 Å². The van der Waals surface area contributed by atoms with Gasteiger partial charge in [-0.15, -0.1) is 0 Å². The summed E-state index contributed by atoms with van der Waals surface area (Å²) in [6.45, 7) is 2.00. The number of carbonyl (C=O) groups excluding carboxylic acids is 2. The fraction of sp³-hybridized carbons (Fsp3) is 0.333. The summed E-state index contributed by atoms with van der Waals surface area (Å²) in [5.41, 5.74) is 6.43. The number of sulfonamides is 1. The summed E-state index contributed by atoms with van der Waals surface area (Å²) in [7, 11) is -0.978. The second-order valence-electron chi connectivity index (χ2n) is 7.16. The van der Waals surface area contributed by atoms with E-state index in [4.69, 9.17) is 15.2 Å². The van der Waals surface area contributed by atoms with Gasteiger partial charge in [0.15, 0.2) is 0 Å². The van der Waals surface area contributed by atoms with Gasteiger partial charge in [-0.3, -0.25) is 4.79 Å². The van der Waals surface area contributed by atoms with Crippen LogP contribution in [0.4, 0.5) is 5.69 Å². The van der Waals surface area contributed by atoms with E-state index in [0.29, 0.717) is 37.6 Å². The predicted octanol–water partition coefficient (Wildman–Crippen LogP) is 1.16. The van der Waals surface area contributed by atoms with Gasteiger partial charge >= 0.3 is 5.97 Å². The molecule has 0 radical (unpaired) electrons. The van der Waals surface area contributed by atoms with Gasteiger partial charge in [0.25, 0.3) is 5.91 Å². The molecule has 2 N–H and O–H groups in total. The van der Waals surface area contributed by atoms with E-state index in [9.17, 15) is 18.0 Å². The number of ether oxygens (including phenoxy) is 2. The highest BCUT2D eigenvalue weighted by Gasteiger charge is 2.28. The number of rotatable bonds is 7. The van der Waals surface area contributed by atoms with Crippen LogP contribution < -0.4 is 10.6 Å². The van der Waals surface area contributed by atoms with E-state index in [1.165, 1.54) is 26.2 Å². The first kappa shape index (κ1) is 22.7. The van der Waals surface area contributed by atoms with E-state index in [0.717, 1.165) is 4.31 Å². The van der Waals surface area contributed by atoms with Crippen molar-refractivity contribution in [2.24, 2.45) is 5.73 Å². The number of morpholine rings is 1. The summed E-state index contributed by atoms with van der Waals surface area (Å²) in [5.74, 6) is -1.67. The Bertz CT molecular complexity index is 1050. The molecule has 1 amide bonds. The fourth-order valence-electron chi connectivity index (χ4n) is 3.22. The summed E-state index contributed by atoms with van der Waals surface area (Å²) >= 11 is 0. The summed E-state index contributed by atoms with van der Waals surface area (Å²) in [6, 6.07) is 12.7. The molecule has 166 valence electrons. The molecule has 10 heteroatoms. The van der Waals surface area contributed by atoms with Crippen molar-refractivity contribution in [1.29, 1.82) is 0 Å². The Hall–Kier alpha value is -2.95. The molecule has 1 atom stereocenters. The van der Waals surface area contributed by atoms with E-state index in [2.05, 4.69) is 0 Å². The highest BCUT2D eigenvalue weighted by Crippen LogP contribution is 2.29. The zero-order valence-corrected chi connectivity index (χ0v) is 18.2. The van der Waals surface area contributed by atoms with Gasteiger partial charge in [-0.25, -0.2) is 17.5 Å². The zero-order chi connectivity index (χ0) is 22.6. The number of benzene rings is 2. The number of anilines is 1. The lowest BCUT2D eigenvalue weighted by Crippen LogP contribution is -2.37. The number of hydrogen-bond acceptors (Lipinski definition) is 7. The van der Waals surface area contributed by atoms with Gasteiger partial charge in [-0.2, -0.15) is 0 Å². The predicted molar refractivity (Wildman–Crippen MR) is 114 cm³/mol. The molecule has 1 aliphatic heterocycles. The van der Waals surface area contributed by atoms with Crippen LogP contribution in [0.15, 0.2) is 53.4 Å². The zero-order valence-electron chi connectivity index (χ0n) is 17.4. The van der Waals surface area contributed by atoms with Gasteiger partial charge in [0.1, 0.15) is 0 Å². The molecular formula is C21H25N3O6S. The Labute approximate surface area is 181 Å². The quantitative estimate of drug-likeness (QED) is 0.633. The van der Waals surface area contributed by atoms with E-state index in [1.807, 2.05) is 4.90 Å². The minimum Gasteiger partial charge on any atom is -0.444 e. The third kappa shape index (κ3) is 5.04. The van der Waals surface area contributed by atoms with Crippen LogP contribution in [0, 0.1) is 0 Å². The molecule has 2 aromatic carbocycles. The number of carbonyl (C=O) groups is 2. The largest absolute Gasteiger partial charge is 0.444 e. The molecule has 1 heterocycles. The summed E-state index contributed by atoms with van der Waals surface area (Å²) in [5, 5.41) is 0. The number of amides is 1. The van der Waals surface area contributed by atoms with Crippen LogP contribution >= 0.6 is 0 Å². The summed E-state index contributed by atoms with van der Waals surface area (Å²) < 4.78 is 37.1. The maximum atomic E-state index is 13.1. The van der Waals surface area contributed by atoms with Crippen LogP contribution in [-0.2, 0) is 24.3 Å². The van der Waals surface area contributed by atoms with Crippen molar-refractivity contribution >= 4 is 27.6 Å². The van der Waals surface area contributed by atoms with Gasteiger partial charge in [0.2, 0.25) is 16.1 Å². The summed E-state index contributed by atoms with van der Waals surface area (Å²) in [6.07, 6.45) is -1.31. The lowest BCUT2D eigenvalue weighted by atomic mass is 10.1. The minimum absolute atomic E-state index is 0.0343. The number of esters is 1. The molecule has 1 fully saturated rings. The Morgan fingerprint density at radius 3 is 2.32 bits per heavy atom. The van der Waals surface area contributed by atoms with E-state index < -0.39 is 28.0 Å². The van der Waals surface area contributed by atoms with Gasteiger partial charge in [0, 0.05) is 32.7 Å². The molecule has 0 aromatic heterocycles. The second-order valence-corrected chi connectivity index (χ2v) is 9.32. The fourth-order valence-corrected chi connectivity index (χ4v) is 4.15. The van der Waals surface area contributed by atoms with Gasteiger partial charge in [-0.05, 0) is 18.2 Å². The molecule has 9 nitrogen and oxygen atoms in total. The third-order valence-electron chi connectivity index (χ3n) is 4.90. The molecule has 1 aliphatic rings. The number of primary amides is 1. The summed E-state index contributed by atoms with van der Waals surface area (Å²) in [4.78, 5) is 27.0. The number of nitrogens with zero attached hydrogens (tertiary/aromatic N) is 2. The molecule has 1 unspecified atom stereocenters. The first-order valence-electron chi connectivity index (χ1n) is 9.66. The first-order chi connectivity index (χ1) is 14.7. The maximum absolute atomic E-state index is 13.1. The van der Waals surface area contributed by atoms with Crippen LogP contribution in [0.5, 0.6) is 0 Å². The SMILES string of the molecule is CN(C)S(=O)(=O)c1ccc(N2CCOCC2)c(C(=O)OC(C(N)=O)c2ccccc2)c1. The Balaban J connectivity index is 2.02. The molecule has 1 saturated heterocycles. The highest BCUT2D eigenvalue weighted by molar-refractivity contribution is 7.89. The Morgan fingerprint density at radius 2 is 1.74 bits per heavy atom. The lowest BCUT2D eigenvalue weighted by Gasteiger charge is -2.30. The second kappa shape index (κ2) is 9.46. The van der Waals surface area contributed by atoms with E-state index in [1.54, 1.807) is 36.4 Å². The van der Waals surface area contributed by atoms with Crippen LogP contribution in [0.3, 0.4) is 0 Å². The van der Waals surface area contributed by atoms with Crippen molar-refractivity contribution in [3.8, 4) is 0 Å². The third-order valence-corrected chi connectivity index (χ3v) is 6.71. The first-order valence-corrected chi connectivity index (χ1v) is 11.1. The van der Waals surface area contributed by atoms with Crippen LogP contribution in [0.25, 0.3) is 0 Å². The molecule has 31 heavy (non-hydrogen) atoms. The maximum Gasteiger partial charge on any atom is 0.341 e. The average molecular weight is 448 g/mol. The molecule has 2 aromatic rings. The van der Waals surface area contributed by atoms with Crippen molar-refractivity contribution in [1.82, 2.24) is 4.31 Å². The van der Waals surface area contributed by atoms with Crippen molar-refractivity contribution < 1.29 is 27.5 Å². The molecule has 0 spiro atoms. The Kier molecular flexibility index (Phi) is 6.94. The molecular weight excluding hydrogens is 422 g/mol. The van der Waals surface area contributed by atoms with Gasteiger partial charge < -0.3 is 20.1 Å². The lowest BCUT2D eigenvalue weighted by molar-refractivity contribution is -0.127. The van der Waals surface area contributed by atoms with E-state index in [-0.39, 0.29) is 10.5 Å². The average Bonchev–Trinajstić information content (AvgIpc) is 2.77. The topological polar surface area (TPSA) is 119 Å². The molecule has 0 saturated carbocycles. The normalized spacial score (nSPS) is 15.5. The van der Waals surface area contributed by atoms with Crippen molar-refractivity contribution in [3.63, 3.8) is 0 Å². The van der Waals surface area contributed by atoms with Crippen molar-refractivity contribution in [2.45, 2.75) is 11.0 Å². The Morgan fingerprint density at radius 1 is 1.10 bits per heavy atom. The van der Waals surface area contributed by atoms with E-state index >= 15 is 0 Å². The molecule has 3 rings (SSSR count). The standard InChI is InChI=1S/C21H25N3O6S/c1-23(2)31(27,28)16-8-9-18(24-10-12-29-13-11-24)17(14-16)21(26)30-19(20(22)25)15-6-4-3-5-7-15/h3-9,14,19H,10-13H2,1-2H3,(H2,22,25). The highest BCUT2D eigenvalue weighted by atomic mass is 32.2. The smallest absolute Gasteiger partial charge is 0.341 e. The number of nitrogens with two attached hydrogens (primary N) is 1. The van der Waals surface area contributed by atoms with Crippen LogP contribution in [0.1, 0.15) is 22.0 Å². The monoisotopic (exact) mass is 447 g/mol. The van der Waals surface area contributed by atoms with Gasteiger partial charge in [-0.1, -0.05) is 30.3 Å². The minimum atomic E-state index is -3.79. The van der Waals surface area contributed by atoms with Crippen LogP contribution in [-0.4, -0.2) is 65.0 Å². The molecule has 0 bridgehead atoms. The van der Waals surface area contributed by atoms with Crippen LogP contribution in [0.2, 0.25) is 0 Å².